The molecule has 208 valence electrons. The highest BCUT2D eigenvalue weighted by Crippen LogP contribution is 2.43. The van der Waals surface area contributed by atoms with Crippen LogP contribution < -0.4 is 10.2 Å². The first-order chi connectivity index (χ1) is 19.9. The fraction of sp³-hybridized carbons (Fsp3) is 0.419. The van der Waals surface area contributed by atoms with Crippen molar-refractivity contribution in [3.05, 3.63) is 59.4 Å². The van der Waals surface area contributed by atoms with Crippen LogP contribution in [0.5, 0.6) is 0 Å². The normalized spacial score (nSPS) is 22.0. The zero-order chi connectivity index (χ0) is 28.3. The number of hydrogen-bond donors (Lipinski definition) is 1. The van der Waals surface area contributed by atoms with Crippen LogP contribution in [0.25, 0.3) is 10.8 Å². The summed E-state index contributed by atoms with van der Waals surface area (Å²) < 4.78 is 1.99. The maximum absolute atomic E-state index is 13.4. The fourth-order valence-electron chi connectivity index (χ4n) is 6.89. The van der Waals surface area contributed by atoms with Crippen LogP contribution in [0.2, 0.25) is 0 Å². The Kier molecular flexibility index (Phi) is 5.92. The van der Waals surface area contributed by atoms with E-state index in [0.717, 1.165) is 41.2 Å². The van der Waals surface area contributed by atoms with Crippen LogP contribution in [-0.4, -0.2) is 57.4 Å². The lowest BCUT2D eigenvalue weighted by molar-refractivity contribution is -0.144. The molecule has 10 nitrogen and oxygen atoms in total. The predicted octanol–water partition coefficient (Wildman–Crippen LogP) is 3.25. The topological polar surface area (TPSA) is 128 Å². The summed E-state index contributed by atoms with van der Waals surface area (Å²) >= 11 is 0. The maximum atomic E-state index is 13.4. The van der Waals surface area contributed by atoms with Gasteiger partial charge < -0.3 is 4.90 Å². The number of carbonyl (C=O) groups is 4. The molecule has 0 radical (unpaired) electrons. The van der Waals surface area contributed by atoms with E-state index >= 15 is 0 Å². The number of piperidine rings is 2. The monoisotopic (exact) mass is 550 g/mol. The Morgan fingerprint density at radius 3 is 2.61 bits per heavy atom. The Morgan fingerprint density at radius 2 is 1.90 bits per heavy atom. The van der Waals surface area contributed by atoms with E-state index in [2.05, 4.69) is 22.7 Å². The highest BCUT2D eigenvalue weighted by atomic mass is 16.2. The molecule has 3 fully saturated rings. The van der Waals surface area contributed by atoms with Crippen LogP contribution in [0.1, 0.15) is 72.5 Å². The van der Waals surface area contributed by atoms with E-state index in [1.54, 1.807) is 11.0 Å². The van der Waals surface area contributed by atoms with Gasteiger partial charge in [0.1, 0.15) is 11.5 Å². The lowest BCUT2D eigenvalue weighted by Crippen LogP contribution is -2.53. The lowest BCUT2D eigenvalue weighted by Gasteiger charge is -2.40. The van der Waals surface area contributed by atoms with E-state index in [-0.39, 0.29) is 30.2 Å². The van der Waals surface area contributed by atoms with Crippen LogP contribution in [-0.2, 0) is 20.8 Å². The van der Waals surface area contributed by atoms with Gasteiger partial charge in [0, 0.05) is 43.1 Å². The van der Waals surface area contributed by atoms with E-state index in [4.69, 9.17) is 0 Å². The van der Waals surface area contributed by atoms with Crippen molar-refractivity contribution in [1.82, 2.24) is 20.0 Å². The molecular formula is C31H30N6O4. The fourth-order valence-corrected chi connectivity index (χ4v) is 6.89. The number of anilines is 1. The van der Waals surface area contributed by atoms with Crippen molar-refractivity contribution in [2.45, 2.75) is 63.5 Å². The molecule has 7 rings (SSSR count). The van der Waals surface area contributed by atoms with Crippen LogP contribution in [0.15, 0.2) is 42.7 Å². The second-order valence-corrected chi connectivity index (χ2v) is 11.7. The molecule has 3 aromatic rings. The molecule has 2 aromatic carbocycles. The van der Waals surface area contributed by atoms with Crippen LogP contribution in [0.3, 0.4) is 0 Å². The molecule has 4 aliphatic rings. The van der Waals surface area contributed by atoms with Crippen molar-refractivity contribution < 1.29 is 19.2 Å². The number of rotatable bonds is 5. The largest absolute Gasteiger partial charge is 0.341 e. The van der Waals surface area contributed by atoms with Gasteiger partial charge in [0.25, 0.3) is 5.91 Å². The molecule has 0 bridgehead atoms. The van der Waals surface area contributed by atoms with Crippen LogP contribution >= 0.6 is 0 Å². The number of likely N-dealkylation sites (tertiary alicyclic amines) is 1. The van der Waals surface area contributed by atoms with Gasteiger partial charge in [-0.3, -0.25) is 34.1 Å². The number of nitriles is 1. The van der Waals surface area contributed by atoms with Crippen molar-refractivity contribution in [1.29, 1.82) is 5.26 Å². The van der Waals surface area contributed by atoms with Gasteiger partial charge in [-0.05, 0) is 67.2 Å². The molecule has 3 aliphatic heterocycles. The standard InChI is InChI=1S/C31H30N6O4/c32-18-31(11-2-12-31)30(41)35-13-9-21(10-14-35)36-17-19(16-33-36)15-20-5-6-24-27-22(20)3-1-4-23(27)29(40)37(24)25-7-8-26(38)34-28(25)39/h1,3-6,16-17,21,25H,2,7-15H2,(H,34,38,39). The smallest absolute Gasteiger partial charge is 0.259 e. The van der Waals surface area contributed by atoms with Gasteiger partial charge in [-0.15, -0.1) is 0 Å². The highest BCUT2D eigenvalue weighted by Gasteiger charge is 2.47. The van der Waals surface area contributed by atoms with E-state index < -0.39 is 17.4 Å². The molecule has 1 N–H and O–H groups in total. The summed E-state index contributed by atoms with van der Waals surface area (Å²) in [6.45, 7) is 1.27. The van der Waals surface area contributed by atoms with E-state index in [0.29, 0.717) is 50.0 Å². The van der Waals surface area contributed by atoms with Crippen LogP contribution in [0.4, 0.5) is 5.69 Å². The zero-order valence-corrected chi connectivity index (χ0v) is 22.6. The van der Waals surface area contributed by atoms with Gasteiger partial charge in [-0.1, -0.05) is 18.2 Å². The molecular weight excluding hydrogens is 520 g/mol. The van der Waals surface area contributed by atoms with E-state index in [1.165, 1.54) is 0 Å². The first-order valence-electron chi connectivity index (χ1n) is 14.3. The summed E-state index contributed by atoms with van der Waals surface area (Å²) in [5, 5.41) is 18.4. The molecule has 0 spiro atoms. The van der Waals surface area contributed by atoms with Crippen molar-refractivity contribution in [2.75, 3.05) is 18.0 Å². The first kappa shape index (κ1) is 25.4. The Balaban J connectivity index is 1.08. The molecule has 1 aromatic heterocycles. The molecule has 1 aliphatic carbocycles. The number of nitrogens with zero attached hydrogens (tertiary/aromatic N) is 5. The van der Waals surface area contributed by atoms with Gasteiger partial charge in [0.2, 0.25) is 17.7 Å². The number of hydrogen-bond acceptors (Lipinski definition) is 6. The van der Waals surface area contributed by atoms with Gasteiger partial charge in [-0.25, -0.2) is 0 Å². The highest BCUT2D eigenvalue weighted by molar-refractivity contribution is 6.27. The maximum Gasteiger partial charge on any atom is 0.259 e. The van der Waals surface area contributed by atoms with E-state index in [9.17, 15) is 24.4 Å². The first-order valence-corrected chi connectivity index (χ1v) is 14.3. The van der Waals surface area contributed by atoms with Crippen molar-refractivity contribution in [2.24, 2.45) is 5.41 Å². The summed E-state index contributed by atoms with van der Waals surface area (Å²) in [7, 11) is 0. The lowest BCUT2D eigenvalue weighted by atomic mass is 9.69. The third-order valence-electron chi connectivity index (χ3n) is 9.35. The summed E-state index contributed by atoms with van der Waals surface area (Å²) in [6, 6.07) is 11.3. The molecule has 4 amide bonds. The van der Waals surface area contributed by atoms with Gasteiger partial charge >= 0.3 is 0 Å². The summed E-state index contributed by atoms with van der Waals surface area (Å²) in [4.78, 5) is 54.0. The molecule has 10 heteroatoms. The van der Waals surface area contributed by atoms with Crippen molar-refractivity contribution >= 4 is 40.1 Å². The molecule has 2 saturated heterocycles. The van der Waals surface area contributed by atoms with Gasteiger partial charge in [0.15, 0.2) is 0 Å². The number of amides is 4. The minimum atomic E-state index is -0.797. The number of imide groups is 1. The Labute approximate surface area is 236 Å². The second-order valence-electron chi connectivity index (χ2n) is 11.7. The number of nitrogens with one attached hydrogen (secondary N) is 1. The Morgan fingerprint density at radius 1 is 1.10 bits per heavy atom. The Hall–Kier alpha value is -4.52. The van der Waals surface area contributed by atoms with E-state index in [1.807, 2.05) is 40.0 Å². The predicted molar refractivity (Wildman–Crippen MR) is 149 cm³/mol. The number of carbonyl (C=O) groups excluding carboxylic acids is 4. The Bertz CT molecular complexity index is 1660. The van der Waals surface area contributed by atoms with Crippen molar-refractivity contribution in [3.63, 3.8) is 0 Å². The molecule has 41 heavy (non-hydrogen) atoms. The quantitative estimate of drug-likeness (QED) is 0.486. The third kappa shape index (κ3) is 4.02. The molecule has 4 heterocycles. The second kappa shape index (κ2) is 9.54. The number of aromatic nitrogens is 2. The van der Waals surface area contributed by atoms with Crippen molar-refractivity contribution in [3.8, 4) is 6.07 Å². The van der Waals surface area contributed by atoms with Gasteiger partial charge in [0.05, 0.1) is 24.0 Å². The molecule has 1 atom stereocenters. The third-order valence-corrected chi connectivity index (χ3v) is 9.35. The van der Waals surface area contributed by atoms with Crippen LogP contribution in [0, 0.1) is 16.7 Å². The summed E-state index contributed by atoms with van der Waals surface area (Å²) in [6.07, 6.45) is 8.97. The SMILES string of the molecule is N#CC1(C(=O)N2CCC(n3cc(Cc4ccc5c6c(cccc46)C(=O)N5C4CCC(=O)NC4=O)cn3)CC2)CCC1. The minimum Gasteiger partial charge on any atom is -0.341 e. The zero-order valence-electron chi connectivity index (χ0n) is 22.6. The minimum absolute atomic E-state index is 0.00689. The molecule has 1 unspecified atom stereocenters. The molecule has 1 saturated carbocycles. The summed E-state index contributed by atoms with van der Waals surface area (Å²) in [5.74, 6) is -0.966. The average molecular weight is 551 g/mol. The summed E-state index contributed by atoms with van der Waals surface area (Å²) in [5.41, 5.74) is 2.59. The van der Waals surface area contributed by atoms with Gasteiger partial charge in [-0.2, -0.15) is 10.4 Å². The number of benzene rings is 2. The average Bonchev–Trinajstić information content (AvgIpc) is 3.53.